The number of benzene rings is 2. The van der Waals surface area contributed by atoms with E-state index in [0.29, 0.717) is 11.5 Å². The van der Waals surface area contributed by atoms with Crippen LogP contribution in [0.15, 0.2) is 52.3 Å². The van der Waals surface area contributed by atoms with Gasteiger partial charge in [0.25, 0.3) is 0 Å². The van der Waals surface area contributed by atoms with Crippen molar-refractivity contribution < 1.29 is 17.9 Å². The molecule has 2 unspecified atom stereocenters. The fraction of sp³-hybridized carbons (Fsp3) is 0.429. The summed E-state index contributed by atoms with van der Waals surface area (Å²) in [4.78, 5) is 1.87. The van der Waals surface area contributed by atoms with Crippen molar-refractivity contribution >= 4 is 23.5 Å². The summed E-state index contributed by atoms with van der Waals surface area (Å²) in [6.07, 6.45) is -0.710. The Kier molecular flexibility index (Phi) is 6.18. The standard InChI is InChI=1S/C21H23F3OS2/c1-14-11-16(26-3)7-8-18(14)19-13-20(2,9-10-25-19)27-17-6-4-5-15(12-17)21(22,23)24/h4-8,11-12,19H,9-10,13H2,1-3H3. The third kappa shape index (κ3) is 5.04. The Balaban J connectivity index is 1.79. The van der Waals surface area contributed by atoms with Crippen LogP contribution in [0.5, 0.6) is 0 Å². The topological polar surface area (TPSA) is 9.23 Å². The summed E-state index contributed by atoms with van der Waals surface area (Å²) < 4.78 is 44.9. The van der Waals surface area contributed by atoms with Gasteiger partial charge in [0, 0.05) is 21.1 Å². The number of aryl methyl sites for hydroxylation is 1. The molecule has 2 aromatic carbocycles. The molecule has 0 saturated carbocycles. The average molecular weight is 413 g/mol. The van der Waals surface area contributed by atoms with E-state index in [4.69, 9.17) is 4.74 Å². The third-order valence-electron chi connectivity index (χ3n) is 4.92. The first kappa shape index (κ1) is 20.6. The maximum absolute atomic E-state index is 13.0. The predicted octanol–water partition coefficient (Wildman–Crippen LogP) is 7.14. The second-order valence-corrected chi connectivity index (χ2v) is 9.65. The van der Waals surface area contributed by atoms with Crippen LogP contribution < -0.4 is 0 Å². The number of ether oxygens (including phenoxy) is 1. The minimum Gasteiger partial charge on any atom is -0.373 e. The Morgan fingerprint density at radius 3 is 2.56 bits per heavy atom. The van der Waals surface area contributed by atoms with Crippen LogP contribution in [0.2, 0.25) is 0 Å². The molecule has 1 fully saturated rings. The molecule has 0 N–H and O–H groups in total. The van der Waals surface area contributed by atoms with Gasteiger partial charge in [-0.1, -0.05) is 12.1 Å². The molecule has 1 aliphatic heterocycles. The van der Waals surface area contributed by atoms with Gasteiger partial charge in [-0.2, -0.15) is 13.2 Å². The highest BCUT2D eigenvalue weighted by atomic mass is 32.2. The molecule has 1 aliphatic rings. The van der Waals surface area contributed by atoms with Crippen LogP contribution in [-0.4, -0.2) is 17.6 Å². The van der Waals surface area contributed by atoms with Gasteiger partial charge in [-0.25, -0.2) is 0 Å². The lowest BCUT2D eigenvalue weighted by Gasteiger charge is -2.38. The zero-order chi connectivity index (χ0) is 19.7. The third-order valence-corrected chi connectivity index (χ3v) is 7.00. The van der Waals surface area contributed by atoms with Gasteiger partial charge < -0.3 is 4.74 Å². The van der Waals surface area contributed by atoms with Crippen molar-refractivity contribution in [1.29, 1.82) is 0 Å². The fourth-order valence-corrected chi connectivity index (χ4v) is 5.24. The maximum atomic E-state index is 13.0. The molecule has 2 aromatic rings. The molecule has 0 amide bonds. The Morgan fingerprint density at radius 1 is 1.11 bits per heavy atom. The van der Waals surface area contributed by atoms with Gasteiger partial charge in [-0.15, -0.1) is 23.5 Å². The van der Waals surface area contributed by atoms with Crippen LogP contribution >= 0.6 is 23.5 Å². The van der Waals surface area contributed by atoms with E-state index in [-0.39, 0.29) is 10.9 Å². The number of hydrogen-bond acceptors (Lipinski definition) is 3. The molecular weight excluding hydrogens is 389 g/mol. The molecule has 146 valence electrons. The van der Waals surface area contributed by atoms with Gasteiger partial charge in [0.15, 0.2) is 0 Å². The highest BCUT2D eigenvalue weighted by Gasteiger charge is 2.36. The van der Waals surface area contributed by atoms with Crippen molar-refractivity contribution in [3.05, 3.63) is 59.2 Å². The minimum absolute atomic E-state index is 0.0297. The van der Waals surface area contributed by atoms with Crippen molar-refractivity contribution in [2.75, 3.05) is 12.9 Å². The second kappa shape index (κ2) is 8.10. The van der Waals surface area contributed by atoms with Crippen molar-refractivity contribution in [2.24, 2.45) is 0 Å². The molecule has 6 heteroatoms. The quantitative estimate of drug-likeness (QED) is 0.494. The number of rotatable bonds is 4. The Bertz CT molecular complexity index is 806. The van der Waals surface area contributed by atoms with Crippen molar-refractivity contribution in [1.82, 2.24) is 0 Å². The number of thioether (sulfide) groups is 2. The highest BCUT2D eigenvalue weighted by Crippen LogP contribution is 2.47. The summed E-state index contributed by atoms with van der Waals surface area (Å²) in [7, 11) is 0. The Hall–Kier alpha value is -1.11. The van der Waals surface area contributed by atoms with Crippen molar-refractivity contribution in [3.63, 3.8) is 0 Å². The monoisotopic (exact) mass is 412 g/mol. The molecule has 27 heavy (non-hydrogen) atoms. The van der Waals surface area contributed by atoms with Crippen molar-refractivity contribution in [3.8, 4) is 0 Å². The molecule has 1 saturated heterocycles. The minimum atomic E-state index is -4.31. The lowest BCUT2D eigenvalue weighted by Crippen LogP contribution is -2.32. The summed E-state index contributed by atoms with van der Waals surface area (Å²) in [6, 6.07) is 12.0. The van der Waals surface area contributed by atoms with Crippen LogP contribution in [0, 0.1) is 6.92 Å². The summed E-state index contributed by atoms with van der Waals surface area (Å²) in [5.41, 5.74) is 1.77. The first-order chi connectivity index (χ1) is 12.7. The average Bonchev–Trinajstić information content (AvgIpc) is 2.60. The fourth-order valence-electron chi connectivity index (χ4n) is 3.42. The zero-order valence-electron chi connectivity index (χ0n) is 15.6. The first-order valence-electron chi connectivity index (χ1n) is 8.83. The van der Waals surface area contributed by atoms with Gasteiger partial charge in [0.2, 0.25) is 0 Å². The molecule has 2 atom stereocenters. The summed E-state index contributed by atoms with van der Waals surface area (Å²) in [6.45, 7) is 4.82. The van der Waals surface area contributed by atoms with Gasteiger partial charge in [-0.3, -0.25) is 0 Å². The van der Waals surface area contributed by atoms with Crippen molar-refractivity contribution in [2.45, 2.75) is 53.5 Å². The lowest BCUT2D eigenvalue weighted by molar-refractivity contribution is -0.137. The van der Waals surface area contributed by atoms with Gasteiger partial charge in [-0.05, 0) is 74.4 Å². The van der Waals surface area contributed by atoms with Gasteiger partial charge in [0.1, 0.15) is 0 Å². The van der Waals surface area contributed by atoms with Crippen LogP contribution in [-0.2, 0) is 10.9 Å². The highest BCUT2D eigenvalue weighted by molar-refractivity contribution is 8.00. The van der Waals surface area contributed by atoms with E-state index < -0.39 is 11.7 Å². The molecule has 3 rings (SSSR count). The Labute approximate surface area is 167 Å². The van der Waals surface area contributed by atoms with Crippen LogP contribution in [0.25, 0.3) is 0 Å². The summed E-state index contributed by atoms with van der Waals surface area (Å²) >= 11 is 3.23. The summed E-state index contributed by atoms with van der Waals surface area (Å²) in [5, 5.41) is 0. The molecule has 0 spiro atoms. The van der Waals surface area contributed by atoms with Crippen LogP contribution in [0.1, 0.15) is 42.6 Å². The molecular formula is C21H23F3OS2. The van der Waals surface area contributed by atoms with E-state index in [9.17, 15) is 13.2 Å². The summed E-state index contributed by atoms with van der Waals surface area (Å²) in [5.74, 6) is 0. The van der Waals surface area contributed by atoms with E-state index >= 15 is 0 Å². The molecule has 0 aromatic heterocycles. The predicted molar refractivity (Wildman–Crippen MR) is 107 cm³/mol. The van der Waals surface area contributed by atoms with E-state index in [1.807, 2.05) is 6.26 Å². The zero-order valence-corrected chi connectivity index (χ0v) is 17.2. The van der Waals surface area contributed by atoms with E-state index in [1.165, 1.54) is 39.9 Å². The number of halogens is 3. The Morgan fingerprint density at radius 2 is 1.89 bits per heavy atom. The van der Waals surface area contributed by atoms with Crippen LogP contribution in [0.3, 0.4) is 0 Å². The molecule has 1 heterocycles. The van der Waals surface area contributed by atoms with Gasteiger partial charge >= 0.3 is 6.18 Å². The largest absolute Gasteiger partial charge is 0.416 e. The maximum Gasteiger partial charge on any atom is 0.416 e. The number of hydrogen-bond donors (Lipinski definition) is 0. The van der Waals surface area contributed by atoms with E-state index in [0.717, 1.165) is 18.9 Å². The molecule has 1 nitrogen and oxygen atoms in total. The van der Waals surface area contributed by atoms with Gasteiger partial charge in [0.05, 0.1) is 11.7 Å². The molecule has 0 aliphatic carbocycles. The van der Waals surface area contributed by atoms with E-state index in [2.05, 4.69) is 32.0 Å². The second-order valence-electron chi connectivity index (χ2n) is 7.11. The van der Waals surface area contributed by atoms with E-state index in [1.54, 1.807) is 17.8 Å². The lowest BCUT2D eigenvalue weighted by atomic mass is 9.90. The molecule has 0 bridgehead atoms. The number of alkyl halides is 3. The molecule has 0 radical (unpaired) electrons. The van der Waals surface area contributed by atoms with Crippen LogP contribution in [0.4, 0.5) is 13.2 Å². The smallest absolute Gasteiger partial charge is 0.373 e. The normalized spacial score (nSPS) is 23.4. The SMILES string of the molecule is CSc1ccc(C2CC(C)(Sc3cccc(C(F)(F)F)c3)CCO2)c(C)c1. The first-order valence-corrected chi connectivity index (χ1v) is 10.9.